The van der Waals surface area contributed by atoms with E-state index < -0.39 is 10.0 Å². The van der Waals surface area contributed by atoms with E-state index in [1.807, 2.05) is 0 Å². The lowest BCUT2D eigenvalue weighted by Gasteiger charge is -2.18. The molecule has 0 bridgehead atoms. The highest BCUT2D eigenvalue weighted by atomic mass is 32.2. The predicted octanol–water partition coefficient (Wildman–Crippen LogP) is 1.18. The van der Waals surface area contributed by atoms with Gasteiger partial charge in [0.1, 0.15) is 5.75 Å². The fourth-order valence-electron chi connectivity index (χ4n) is 2.33. The molecule has 7 heteroatoms. The molecular formula is C14H20N2O4S. The Bertz CT molecular complexity index is 634. The van der Waals surface area contributed by atoms with Crippen LogP contribution in [0.25, 0.3) is 0 Å². The fraction of sp³-hybridized carbons (Fsp3) is 0.500. The first-order valence-electron chi connectivity index (χ1n) is 6.78. The van der Waals surface area contributed by atoms with E-state index in [0.717, 1.165) is 12.8 Å². The predicted molar refractivity (Wildman–Crippen MR) is 79.0 cm³/mol. The highest BCUT2D eigenvalue weighted by molar-refractivity contribution is 7.89. The molecule has 0 saturated carbocycles. The Labute approximate surface area is 125 Å². The zero-order valence-electron chi connectivity index (χ0n) is 12.5. The molecule has 1 heterocycles. The number of amides is 1. The number of hydrogen-bond acceptors (Lipinski definition) is 4. The van der Waals surface area contributed by atoms with Crippen LogP contribution in [0.4, 0.5) is 0 Å². The molecule has 1 aromatic carbocycles. The van der Waals surface area contributed by atoms with Gasteiger partial charge in [0.05, 0.1) is 17.6 Å². The van der Waals surface area contributed by atoms with E-state index >= 15 is 0 Å². The monoisotopic (exact) mass is 312 g/mol. The molecule has 6 nitrogen and oxygen atoms in total. The van der Waals surface area contributed by atoms with Crippen molar-refractivity contribution < 1.29 is 17.9 Å². The summed E-state index contributed by atoms with van der Waals surface area (Å²) >= 11 is 0. The maximum Gasteiger partial charge on any atom is 0.257 e. The molecule has 21 heavy (non-hydrogen) atoms. The zero-order valence-corrected chi connectivity index (χ0v) is 13.3. The highest BCUT2D eigenvalue weighted by Gasteiger charge is 2.28. The lowest BCUT2D eigenvalue weighted by atomic mass is 10.2. The van der Waals surface area contributed by atoms with Crippen molar-refractivity contribution in [2.45, 2.75) is 17.7 Å². The van der Waals surface area contributed by atoms with E-state index in [2.05, 4.69) is 0 Å². The van der Waals surface area contributed by atoms with Crippen LogP contribution in [0, 0.1) is 0 Å². The Hall–Kier alpha value is -1.60. The van der Waals surface area contributed by atoms with Gasteiger partial charge in [-0.2, -0.15) is 4.31 Å². The minimum absolute atomic E-state index is 0.135. The van der Waals surface area contributed by atoms with Crippen LogP contribution in [-0.4, -0.2) is 57.8 Å². The SMILES string of the molecule is COc1ccc(S(=O)(=O)N2CCCC2)cc1C(=O)N(C)C. The number of carbonyl (C=O) groups excluding carboxylic acids is 1. The number of carbonyl (C=O) groups is 1. The summed E-state index contributed by atoms with van der Waals surface area (Å²) < 4.78 is 31.7. The van der Waals surface area contributed by atoms with Crippen molar-refractivity contribution in [3.05, 3.63) is 23.8 Å². The average Bonchev–Trinajstić information content (AvgIpc) is 3.00. The van der Waals surface area contributed by atoms with E-state index in [1.165, 1.54) is 34.5 Å². The zero-order chi connectivity index (χ0) is 15.6. The van der Waals surface area contributed by atoms with Gasteiger partial charge >= 0.3 is 0 Å². The number of rotatable bonds is 4. The third-order valence-electron chi connectivity index (χ3n) is 3.51. The Balaban J connectivity index is 2.46. The van der Waals surface area contributed by atoms with E-state index in [0.29, 0.717) is 18.8 Å². The van der Waals surface area contributed by atoms with E-state index in [4.69, 9.17) is 4.74 Å². The smallest absolute Gasteiger partial charge is 0.257 e. The minimum Gasteiger partial charge on any atom is -0.496 e. The molecule has 0 N–H and O–H groups in total. The van der Waals surface area contributed by atoms with Crippen LogP contribution >= 0.6 is 0 Å². The van der Waals surface area contributed by atoms with Crippen LogP contribution in [-0.2, 0) is 10.0 Å². The van der Waals surface area contributed by atoms with Gasteiger partial charge in [-0.3, -0.25) is 4.79 Å². The summed E-state index contributed by atoms with van der Waals surface area (Å²) in [6.45, 7) is 1.07. The van der Waals surface area contributed by atoms with E-state index in [9.17, 15) is 13.2 Å². The first kappa shape index (κ1) is 15.8. The van der Waals surface area contributed by atoms with E-state index in [1.54, 1.807) is 14.1 Å². The van der Waals surface area contributed by atoms with Gasteiger partial charge in [0, 0.05) is 27.2 Å². The van der Waals surface area contributed by atoms with Gasteiger partial charge in [-0.1, -0.05) is 0 Å². The number of benzene rings is 1. The van der Waals surface area contributed by atoms with Crippen LogP contribution in [0.5, 0.6) is 5.75 Å². The summed E-state index contributed by atoms with van der Waals surface area (Å²) in [6.07, 6.45) is 1.75. The van der Waals surface area contributed by atoms with Gasteiger partial charge in [0.25, 0.3) is 5.91 Å². The normalized spacial score (nSPS) is 16.0. The lowest BCUT2D eigenvalue weighted by Crippen LogP contribution is -2.28. The second kappa shape index (κ2) is 6.03. The molecule has 1 saturated heterocycles. The standard InChI is InChI=1S/C14H20N2O4S/c1-15(2)14(17)12-10-11(6-7-13(12)20-3)21(18,19)16-8-4-5-9-16/h6-7,10H,4-5,8-9H2,1-3H3. The number of methoxy groups -OCH3 is 1. The topological polar surface area (TPSA) is 66.9 Å². The second-order valence-electron chi connectivity index (χ2n) is 5.17. The van der Waals surface area contributed by atoms with Crippen LogP contribution in [0.2, 0.25) is 0 Å². The number of sulfonamides is 1. The van der Waals surface area contributed by atoms with Gasteiger partial charge in [-0.05, 0) is 31.0 Å². The summed E-state index contributed by atoms with van der Waals surface area (Å²) in [4.78, 5) is 13.7. The highest BCUT2D eigenvalue weighted by Crippen LogP contribution is 2.27. The molecule has 116 valence electrons. The van der Waals surface area contributed by atoms with E-state index in [-0.39, 0.29) is 16.4 Å². The molecule has 2 rings (SSSR count). The first-order valence-corrected chi connectivity index (χ1v) is 8.22. The number of ether oxygens (including phenoxy) is 1. The van der Waals surface area contributed by atoms with Gasteiger partial charge in [0.15, 0.2) is 0 Å². The summed E-state index contributed by atoms with van der Waals surface area (Å²) in [5.74, 6) is 0.0828. The van der Waals surface area contributed by atoms with Gasteiger partial charge < -0.3 is 9.64 Å². The van der Waals surface area contributed by atoms with Gasteiger partial charge in [-0.15, -0.1) is 0 Å². The quantitative estimate of drug-likeness (QED) is 0.837. The van der Waals surface area contributed by atoms with Crippen molar-refractivity contribution in [2.75, 3.05) is 34.3 Å². The second-order valence-corrected chi connectivity index (χ2v) is 7.11. The molecule has 0 spiro atoms. The summed E-state index contributed by atoms with van der Waals surface area (Å²) in [5.41, 5.74) is 0.253. The Morgan fingerprint density at radius 2 is 1.86 bits per heavy atom. The maximum atomic E-state index is 12.5. The van der Waals surface area contributed by atoms with Crippen LogP contribution in [0.15, 0.2) is 23.1 Å². The third kappa shape index (κ3) is 3.03. The average molecular weight is 312 g/mol. The summed E-state index contributed by atoms with van der Waals surface area (Å²) in [7, 11) is 1.15. The molecule has 0 unspecified atom stereocenters. The molecule has 1 aliphatic heterocycles. The van der Waals surface area contributed by atoms with Crippen LogP contribution in [0.3, 0.4) is 0 Å². The van der Waals surface area contributed by atoms with Crippen molar-refractivity contribution in [3.8, 4) is 5.75 Å². The molecular weight excluding hydrogens is 292 g/mol. The van der Waals surface area contributed by atoms with Crippen LogP contribution in [0.1, 0.15) is 23.2 Å². The van der Waals surface area contributed by atoms with Crippen molar-refractivity contribution in [1.29, 1.82) is 0 Å². The Morgan fingerprint density at radius 1 is 1.24 bits per heavy atom. The minimum atomic E-state index is -3.54. The first-order chi connectivity index (χ1) is 9.87. The number of nitrogens with zero attached hydrogens (tertiary/aromatic N) is 2. The molecule has 1 fully saturated rings. The largest absolute Gasteiger partial charge is 0.496 e. The molecule has 1 amide bonds. The lowest BCUT2D eigenvalue weighted by molar-refractivity contribution is 0.0824. The van der Waals surface area contributed by atoms with Crippen LogP contribution < -0.4 is 4.74 Å². The van der Waals surface area contributed by atoms with Crippen molar-refractivity contribution in [3.63, 3.8) is 0 Å². The number of hydrogen-bond donors (Lipinski definition) is 0. The maximum absolute atomic E-state index is 12.5. The molecule has 0 aromatic heterocycles. The molecule has 1 aromatic rings. The Kier molecular flexibility index (Phi) is 4.53. The third-order valence-corrected chi connectivity index (χ3v) is 5.40. The molecule has 0 radical (unpaired) electrons. The van der Waals surface area contributed by atoms with Crippen molar-refractivity contribution in [2.24, 2.45) is 0 Å². The summed E-state index contributed by atoms with van der Waals surface area (Å²) in [6, 6.07) is 4.41. The summed E-state index contributed by atoms with van der Waals surface area (Å²) in [5, 5.41) is 0. The fourth-order valence-corrected chi connectivity index (χ4v) is 3.88. The van der Waals surface area contributed by atoms with Crippen molar-refractivity contribution >= 4 is 15.9 Å². The molecule has 0 aliphatic carbocycles. The van der Waals surface area contributed by atoms with Gasteiger partial charge in [-0.25, -0.2) is 8.42 Å². The van der Waals surface area contributed by atoms with Crippen molar-refractivity contribution in [1.82, 2.24) is 9.21 Å². The Morgan fingerprint density at radius 3 is 2.38 bits per heavy atom. The van der Waals surface area contributed by atoms with Gasteiger partial charge in [0.2, 0.25) is 10.0 Å². The molecule has 1 aliphatic rings. The molecule has 0 atom stereocenters.